The molecule has 2 atom stereocenters. The first-order valence-electron chi connectivity index (χ1n) is 10.0. The molecule has 2 saturated heterocycles. The summed E-state index contributed by atoms with van der Waals surface area (Å²) in [6, 6.07) is 0.745. The molecule has 0 bridgehead atoms. The van der Waals surface area contributed by atoms with Crippen LogP contribution < -0.4 is 0 Å². The number of piperidine rings is 2. The predicted molar refractivity (Wildman–Crippen MR) is 102 cm³/mol. The summed E-state index contributed by atoms with van der Waals surface area (Å²) in [6.45, 7) is 12.7. The van der Waals surface area contributed by atoms with Gasteiger partial charge in [0.15, 0.2) is 0 Å². The molecule has 25 heavy (non-hydrogen) atoms. The summed E-state index contributed by atoms with van der Waals surface area (Å²) in [5, 5.41) is 16.2. The summed E-state index contributed by atoms with van der Waals surface area (Å²) in [6.07, 6.45) is 5.74. The summed E-state index contributed by atoms with van der Waals surface area (Å²) in [7, 11) is 2.01. The number of nitrogens with zero attached hydrogens (tertiary/aromatic N) is 4. The van der Waals surface area contributed by atoms with Crippen LogP contribution in [0.5, 0.6) is 0 Å². The number of hydrogen-bond acceptors (Lipinski definition) is 4. The Hall–Kier alpha value is -0.910. The van der Waals surface area contributed by atoms with Gasteiger partial charge in [-0.15, -0.1) is 0 Å². The lowest BCUT2D eigenvalue weighted by Crippen LogP contribution is -2.63. The van der Waals surface area contributed by atoms with Crippen LogP contribution >= 0.6 is 0 Å². The molecule has 2 aliphatic rings. The fourth-order valence-corrected chi connectivity index (χ4v) is 4.83. The van der Waals surface area contributed by atoms with Gasteiger partial charge in [0.2, 0.25) is 0 Å². The third-order valence-corrected chi connectivity index (χ3v) is 6.52. The molecule has 2 fully saturated rings. The van der Waals surface area contributed by atoms with Crippen LogP contribution in [0.25, 0.3) is 0 Å². The molecule has 1 aromatic heterocycles. The Kier molecular flexibility index (Phi) is 5.57. The number of hydrogen-bond donors (Lipinski definition) is 1. The van der Waals surface area contributed by atoms with Crippen molar-refractivity contribution in [3.63, 3.8) is 0 Å². The normalized spacial score (nSPS) is 27.9. The van der Waals surface area contributed by atoms with Gasteiger partial charge in [-0.1, -0.05) is 6.42 Å². The second-order valence-corrected chi connectivity index (χ2v) is 8.53. The summed E-state index contributed by atoms with van der Waals surface area (Å²) in [5.74, 6) is 0. The number of rotatable bonds is 5. The van der Waals surface area contributed by atoms with Gasteiger partial charge in [0.25, 0.3) is 0 Å². The summed E-state index contributed by atoms with van der Waals surface area (Å²) in [5.41, 5.74) is 3.09. The zero-order chi connectivity index (χ0) is 18.2. The third-order valence-electron chi connectivity index (χ3n) is 6.52. The van der Waals surface area contributed by atoms with E-state index in [4.69, 9.17) is 0 Å². The van der Waals surface area contributed by atoms with E-state index in [9.17, 15) is 5.11 Å². The predicted octanol–water partition coefficient (Wildman–Crippen LogP) is 2.63. The van der Waals surface area contributed by atoms with Gasteiger partial charge in [-0.2, -0.15) is 5.10 Å². The zero-order valence-electron chi connectivity index (χ0n) is 16.8. The minimum absolute atomic E-state index is 0.340. The lowest BCUT2D eigenvalue weighted by atomic mass is 9.79. The minimum atomic E-state index is -0.576. The van der Waals surface area contributed by atoms with Crippen molar-refractivity contribution < 1.29 is 5.11 Å². The summed E-state index contributed by atoms with van der Waals surface area (Å²) in [4.78, 5) is 5.00. The van der Waals surface area contributed by atoms with Gasteiger partial charge in [-0.25, -0.2) is 0 Å². The second kappa shape index (κ2) is 7.37. The monoisotopic (exact) mass is 348 g/mol. The van der Waals surface area contributed by atoms with Crippen molar-refractivity contribution in [2.45, 2.75) is 84.0 Å². The highest BCUT2D eigenvalue weighted by atomic mass is 16.3. The average Bonchev–Trinajstić information content (AvgIpc) is 2.80. The fraction of sp³-hybridized carbons (Fsp3) is 0.850. The number of aromatic nitrogens is 2. The van der Waals surface area contributed by atoms with Gasteiger partial charge in [-0.3, -0.25) is 14.5 Å². The van der Waals surface area contributed by atoms with Crippen LogP contribution in [0, 0.1) is 13.8 Å². The quantitative estimate of drug-likeness (QED) is 0.888. The van der Waals surface area contributed by atoms with Crippen molar-refractivity contribution in [3.05, 3.63) is 17.0 Å². The summed E-state index contributed by atoms with van der Waals surface area (Å²) >= 11 is 0. The van der Waals surface area contributed by atoms with Gasteiger partial charge in [0.1, 0.15) is 0 Å². The molecule has 0 radical (unpaired) electrons. The van der Waals surface area contributed by atoms with Gasteiger partial charge in [0, 0.05) is 43.5 Å². The maximum atomic E-state index is 11.6. The Morgan fingerprint density at radius 3 is 2.60 bits per heavy atom. The molecule has 0 amide bonds. The van der Waals surface area contributed by atoms with Crippen LogP contribution in [-0.4, -0.2) is 62.0 Å². The minimum Gasteiger partial charge on any atom is -0.387 e. The third kappa shape index (κ3) is 3.79. The SMILES string of the molecule is Cc1nn(C)c(C)c1CN(C[C@]1(O)CCCN2CCCC[C@@H]21)C(C)C. The van der Waals surface area contributed by atoms with Gasteiger partial charge in [-0.05, 0) is 66.5 Å². The topological polar surface area (TPSA) is 44.5 Å². The molecule has 0 aromatic carbocycles. The lowest BCUT2D eigenvalue weighted by molar-refractivity contribution is -0.113. The van der Waals surface area contributed by atoms with Crippen molar-refractivity contribution >= 4 is 0 Å². The Bertz CT molecular complexity index is 595. The molecule has 3 heterocycles. The lowest BCUT2D eigenvalue weighted by Gasteiger charge is -2.51. The van der Waals surface area contributed by atoms with E-state index in [1.807, 2.05) is 11.7 Å². The fourth-order valence-electron chi connectivity index (χ4n) is 4.83. The molecule has 1 N–H and O–H groups in total. The van der Waals surface area contributed by atoms with E-state index in [1.54, 1.807) is 0 Å². The molecular weight excluding hydrogens is 312 g/mol. The molecule has 5 nitrogen and oxygen atoms in total. The largest absolute Gasteiger partial charge is 0.387 e. The molecule has 142 valence electrons. The molecule has 0 saturated carbocycles. The summed E-state index contributed by atoms with van der Waals surface area (Å²) < 4.78 is 1.97. The van der Waals surface area contributed by atoms with E-state index in [-0.39, 0.29) is 0 Å². The second-order valence-electron chi connectivity index (χ2n) is 8.53. The number of fused-ring (bicyclic) bond motifs is 1. The Labute approximate surface area is 153 Å². The van der Waals surface area contributed by atoms with E-state index in [0.29, 0.717) is 12.1 Å². The Balaban J connectivity index is 1.79. The van der Waals surface area contributed by atoms with Crippen LogP contribution in [0.15, 0.2) is 0 Å². The zero-order valence-corrected chi connectivity index (χ0v) is 16.8. The number of aliphatic hydroxyl groups is 1. The molecule has 0 spiro atoms. The smallest absolute Gasteiger partial charge is 0.0928 e. The van der Waals surface area contributed by atoms with E-state index in [0.717, 1.165) is 51.1 Å². The molecule has 2 aliphatic heterocycles. The van der Waals surface area contributed by atoms with Crippen LogP contribution in [0.3, 0.4) is 0 Å². The highest BCUT2D eigenvalue weighted by Gasteiger charge is 2.45. The van der Waals surface area contributed by atoms with Crippen molar-refractivity contribution in [3.8, 4) is 0 Å². The molecule has 0 aliphatic carbocycles. The molecule has 0 unspecified atom stereocenters. The van der Waals surface area contributed by atoms with E-state index in [2.05, 4.69) is 42.6 Å². The van der Waals surface area contributed by atoms with E-state index >= 15 is 0 Å². The molecular formula is C20H36N4O. The van der Waals surface area contributed by atoms with Crippen LogP contribution in [-0.2, 0) is 13.6 Å². The van der Waals surface area contributed by atoms with Crippen molar-refractivity contribution in [2.75, 3.05) is 19.6 Å². The maximum Gasteiger partial charge on any atom is 0.0928 e. The van der Waals surface area contributed by atoms with Gasteiger partial charge in [0.05, 0.1) is 11.3 Å². The van der Waals surface area contributed by atoms with Crippen molar-refractivity contribution in [1.29, 1.82) is 0 Å². The Morgan fingerprint density at radius 2 is 1.96 bits per heavy atom. The molecule has 5 heteroatoms. The number of aryl methyl sites for hydroxylation is 2. The first kappa shape index (κ1) is 18.9. The first-order valence-corrected chi connectivity index (χ1v) is 10.0. The van der Waals surface area contributed by atoms with Crippen LogP contribution in [0.1, 0.15) is 62.9 Å². The van der Waals surface area contributed by atoms with E-state index < -0.39 is 5.60 Å². The van der Waals surface area contributed by atoms with E-state index in [1.165, 1.54) is 24.1 Å². The average molecular weight is 349 g/mol. The van der Waals surface area contributed by atoms with Crippen molar-refractivity contribution in [1.82, 2.24) is 19.6 Å². The van der Waals surface area contributed by atoms with Gasteiger partial charge >= 0.3 is 0 Å². The van der Waals surface area contributed by atoms with Gasteiger partial charge < -0.3 is 5.11 Å². The molecule has 3 rings (SSSR count). The highest BCUT2D eigenvalue weighted by Crippen LogP contribution is 2.35. The van der Waals surface area contributed by atoms with Crippen LogP contribution in [0.4, 0.5) is 0 Å². The molecule has 1 aromatic rings. The van der Waals surface area contributed by atoms with Crippen molar-refractivity contribution in [2.24, 2.45) is 7.05 Å². The maximum absolute atomic E-state index is 11.6. The standard InChI is InChI=1S/C20H36N4O/c1-15(2)24(13-18-16(3)21-22(5)17(18)4)14-20(25)10-8-12-23-11-7-6-9-19(20)23/h15,19,25H,6-14H2,1-5H3/t19-,20-/m1/s1. The first-order chi connectivity index (χ1) is 11.8. The van der Waals surface area contributed by atoms with Crippen LogP contribution in [0.2, 0.25) is 0 Å². The highest BCUT2D eigenvalue weighted by molar-refractivity contribution is 5.24. The Morgan fingerprint density at radius 1 is 1.24 bits per heavy atom.